The number of nitrogens with one attached hydrogen (secondary N) is 1. The van der Waals surface area contributed by atoms with Crippen LogP contribution in [0.1, 0.15) is 47.1 Å². The number of carbonyl (C=O) groups is 2. The number of benzene rings is 1. The molecule has 114 valence electrons. The van der Waals surface area contributed by atoms with Crippen molar-refractivity contribution in [2.45, 2.75) is 39.0 Å². The van der Waals surface area contributed by atoms with E-state index in [0.29, 0.717) is 16.5 Å². The lowest BCUT2D eigenvalue weighted by atomic mass is 9.90. The van der Waals surface area contributed by atoms with E-state index in [1.54, 1.807) is 0 Å². The van der Waals surface area contributed by atoms with E-state index in [0.717, 1.165) is 24.4 Å². The van der Waals surface area contributed by atoms with Gasteiger partial charge in [-0.2, -0.15) is 4.37 Å². The average molecular weight is 315 g/mol. The number of hydrogen-bond donors (Lipinski definition) is 1. The number of Topliss-reactive ketones (excluding diaryl/α,β-unsaturated/α-hetero) is 1. The Labute approximate surface area is 132 Å². The van der Waals surface area contributed by atoms with Gasteiger partial charge in [-0.05, 0) is 55.9 Å². The van der Waals surface area contributed by atoms with Gasteiger partial charge in [0.05, 0.1) is 6.42 Å². The number of hydrogen-bond acceptors (Lipinski definition) is 5. The fourth-order valence-corrected chi connectivity index (χ4v) is 3.22. The van der Waals surface area contributed by atoms with Crippen molar-refractivity contribution in [1.82, 2.24) is 9.36 Å². The highest BCUT2D eigenvalue weighted by atomic mass is 32.1. The van der Waals surface area contributed by atoms with Crippen molar-refractivity contribution < 1.29 is 9.59 Å². The summed E-state index contributed by atoms with van der Waals surface area (Å²) in [5, 5.41) is 3.18. The van der Waals surface area contributed by atoms with E-state index in [1.807, 2.05) is 18.2 Å². The maximum absolute atomic E-state index is 12.3. The average Bonchev–Trinajstić information content (AvgIpc) is 2.93. The second-order valence-corrected chi connectivity index (χ2v) is 6.29. The number of anilines is 1. The zero-order chi connectivity index (χ0) is 15.5. The largest absolute Gasteiger partial charge is 0.300 e. The smallest absolute Gasteiger partial charge is 0.257 e. The highest BCUT2D eigenvalue weighted by molar-refractivity contribution is 7.09. The second kappa shape index (κ2) is 6.36. The summed E-state index contributed by atoms with van der Waals surface area (Å²) in [6.07, 6.45) is 4.75. The van der Waals surface area contributed by atoms with Crippen molar-refractivity contribution in [1.29, 1.82) is 0 Å². The van der Waals surface area contributed by atoms with Crippen molar-refractivity contribution in [3.05, 3.63) is 40.7 Å². The van der Waals surface area contributed by atoms with Crippen LogP contribution in [0, 0.1) is 0 Å². The molecule has 1 N–H and O–H groups in total. The molecular formula is C16H17N3O2S. The summed E-state index contributed by atoms with van der Waals surface area (Å²) in [6.45, 7) is 1.49. The normalized spacial score (nSPS) is 13.5. The quantitative estimate of drug-likeness (QED) is 0.941. The summed E-state index contributed by atoms with van der Waals surface area (Å²) in [5.41, 5.74) is 3.26. The lowest BCUT2D eigenvalue weighted by Crippen LogP contribution is -2.13. The van der Waals surface area contributed by atoms with Gasteiger partial charge < -0.3 is 0 Å². The Morgan fingerprint density at radius 3 is 2.77 bits per heavy atom. The Balaban J connectivity index is 1.71. The van der Waals surface area contributed by atoms with Crippen LogP contribution in [0.3, 0.4) is 0 Å². The highest BCUT2D eigenvalue weighted by Crippen LogP contribution is 2.23. The number of aryl methyl sites for hydroxylation is 2. The first-order valence-electron chi connectivity index (χ1n) is 7.37. The third-order valence-electron chi connectivity index (χ3n) is 3.71. The van der Waals surface area contributed by atoms with Crippen LogP contribution < -0.4 is 5.32 Å². The molecule has 0 spiro atoms. The van der Waals surface area contributed by atoms with Gasteiger partial charge in [-0.15, -0.1) is 0 Å². The van der Waals surface area contributed by atoms with E-state index >= 15 is 0 Å². The van der Waals surface area contributed by atoms with Gasteiger partial charge in [0.25, 0.3) is 5.91 Å². The lowest BCUT2D eigenvalue weighted by molar-refractivity contribution is -0.116. The zero-order valence-electron chi connectivity index (χ0n) is 12.4. The summed E-state index contributed by atoms with van der Waals surface area (Å²) >= 11 is 1.10. The first-order valence-corrected chi connectivity index (χ1v) is 8.14. The number of ketones is 1. The molecule has 0 atom stereocenters. The van der Waals surface area contributed by atoms with Crippen molar-refractivity contribution in [2.75, 3.05) is 5.32 Å². The van der Waals surface area contributed by atoms with Crippen molar-refractivity contribution >= 4 is 28.4 Å². The number of fused-ring (bicyclic) bond motifs is 1. The molecule has 22 heavy (non-hydrogen) atoms. The summed E-state index contributed by atoms with van der Waals surface area (Å²) in [5.74, 6) is 0.280. The number of carbonyl (C=O) groups excluding carboxylic acids is 2. The van der Waals surface area contributed by atoms with Crippen LogP contribution in [0.2, 0.25) is 0 Å². The zero-order valence-corrected chi connectivity index (χ0v) is 13.2. The highest BCUT2D eigenvalue weighted by Gasteiger charge is 2.14. The predicted octanol–water partition coefficient (Wildman–Crippen LogP) is 2.80. The summed E-state index contributed by atoms with van der Waals surface area (Å²) < 4.78 is 4.07. The number of aromatic nitrogens is 2. The summed E-state index contributed by atoms with van der Waals surface area (Å²) in [4.78, 5) is 27.5. The van der Waals surface area contributed by atoms with Gasteiger partial charge in [0.2, 0.25) is 5.13 Å². The molecule has 1 aromatic heterocycles. The third kappa shape index (κ3) is 3.39. The molecule has 1 aliphatic rings. The lowest BCUT2D eigenvalue weighted by Gasteiger charge is -2.16. The SMILES string of the molecule is CC(=O)Cc1nsc(NC(=O)c2ccc3c(c2)CCCC3)n1. The topological polar surface area (TPSA) is 72.0 Å². The molecule has 0 saturated carbocycles. The van der Waals surface area contributed by atoms with Gasteiger partial charge >= 0.3 is 0 Å². The Bertz CT molecular complexity index is 724. The van der Waals surface area contributed by atoms with Crippen LogP contribution in [0.5, 0.6) is 0 Å². The molecule has 1 heterocycles. The van der Waals surface area contributed by atoms with Crippen molar-refractivity contribution in [3.63, 3.8) is 0 Å². The van der Waals surface area contributed by atoms with Gasteiger partial charge in [0.15, 0.2) is 5.82 Å². The number of nitrogens with zero attached hydrogens (tertiary/aromatic N) is 2. The first kappa shape index (κ1) is 14.8. The molecule has 5 nitrogen and oxygen atoms in total. The minimum Gasteiger partial charge on any atom is -0.300 e. The molecular weight excluding hydrogens is 298 g/mol. The monoisotopic (exact) mass is 315 g/mol. The van der Waals surface area contributed by atoms with Crippen molar-refractivity contribution in [3.8, 4) is 0 Å². The van der Waals surface area contributed by atoms with Crippen LogP contribution in [0.15, 0.2) is 18.2 Å². The fourth-order valence-electron chi connectivity index (χ4n) is 2.64. The molecule has 0 saturated heterocycles. The van der Waals surface area contributed by atoms with E-state index < -0.39 is 0 Å². The van der Waals surface area contributed by atoms with Gasteiger partial charge in [-0.3, -0.25) is 14.9 Å². The van der Waals surface area contributed by atoms with E-state index in [9.17, 15) is 9.59 Å². The van der Waals surface area contributed by atoms with E-state index in [4.69, 9.17) is 0 Å². The van der Waals surface area contributed by atoms with Crippen LogP contribution in [0.25, 0.3) is 0 Å². The molecule has 0 radical (unpaired) electrons. The maximum atomic E-state index is 12.3. The Hall–Kier alpha value is -2.08. The number of rotatable bonds is 4. The molecule has 0 fully saturated rings. The molecule has 6 heteroatoms. The maximum Gasteiger partial charge on any atom is 0.257 e. The Morgan fingerprint density at radius 2 is 2.00 bits per heavy atom. The molecule has 3 rings (SSSR count). The minimum atomic E-state index is -0.182. The summed E-state index contributed by atoms with van der Waals surface area (Å²) in [7, 11) is 0. The standard InChI is InChI=1S/C16H17N3O2S/c1-10(20)8-14-17-16(22-19-14)18-15(21)13-7-6-11-4-2-3-5-12(11)9-13/h6-7,9H,2-5,8H2,1H3,(H,17,18,19,21). The van der Waals surface area contributed by atoms with Gasteiger partial charge in [-0.1, -0.05) is 6.07 Å². The van der Waals surface area contributed by atoms with E-state index in [-0.39, 0.29) is 18.1 Å². The van der Waals surface area contributed by atoms with Gasteiger partial charge in [-0.25, -0.2) is 4.98 Å². The van der Waals surface area contributed by atoms with Gasteiger partial charge in [0.1, 0.15) is 5.78 Å². The van der Waals surface area contributed by atoms with Crippen LogP contribution >= 0.6 is 11.5 Å². The second-order valence-electron chi connectivity index (χ2n) is 5.54. The molecule has 2 aromatic rings. The summed E-state index contributed by atoms with van der Waals surface area (Å²) in [6, 6.07) is 5.88. The van der Waals surface area contributed by atoms with Crippen LogP contribution in [0.4, 0.5) is 5.13 Å². The predicted molar refractivity (Wildman–Crippen MR) is 85.3 cm³/mol. The van der Waals surface area contributed by atoms with E-state index in [1.165, 1.54) is 30.9 Å². The Morgan fingerprint density at radius 1 is 1.23 bits per heavy atom. The molecule has 0 bridgehead atoms. The van der Waals surface area contributed by atoms with Crippen LogP contribution in [-0.4, -0.2) is 21.0 Å². The number of amides is 1. The molecule has 0 aliphatic heterocycles. The van der Waals surface area contributed by atoms with Gasteiger partial charge in [0, 0.05) is 17.1 Å². The molecule has 1 amide bonds. The minimum absolute atomic E-state index is 0.00497. The van der Waals surface area contributed by atoms with Crippen molar-refractivity contribution in [2.24, 2.45) is 0 Å². The molecule has 0 unspecified atom stereocenters. The Kier molecular flexibility index (Phi) is 4.29. The first-order chi connectivity index (χ1) is 10.6. The third-order valence-corrected chi connectivity index (χ3v) is 4.37. The molecule has 1 aromatic carbocycles. The van der Waals surface area contributed by atoms with Crippen LogP contribution in [-0.2, 0) is 24.1 Å². The van der Waals surface area contributed by atoms with E-state index in [2.05, 4.69) is 14.7 Å². The molecule has 1 aliphatic carbocycles. The fraction of sp³-hybridized carbons (Fsp3) is 0.375.